The van der Waals surface area contributed by atoms with Gasteiger partial charge in [0, 0.05) is 31.7 Å². The smallest absolute Gasteiger partial charge is 0.183 e. The number of piperazine rings is 1. The monoisotopic (exact) mass is 419 g/mol. The SMILES string of the molecule is C[C@@H]1CN(c2ccc3nc(N4CC[C@H](F)C4)c4nc5ccccc5n4c3n2)C[C@H](C)N1. The summed E-state index contributed by atoms with van der Waals surface area (Å²) in [6.07, 6.45) is -0.290. The Balaban J connectivity index is 1.58. The summed E-state index contributed by atoms with van der Waals surface area (Å²) >= 11 is 0. The van der Waals surface area contributed by atoms with E-state index in [0.29, 0.717) is 31.6 Å². The van der Waals surface area contributed by atoms with Crippen molar-refractivity contribution in [2.45, 2.75) is 38.5 Å². The highest BCUT2D eigenvalue weighted by atomic mass is 19.1. The fourth-order valence-corrected chi connectivity index (χ4v) is 5.05. The molecular weight excluding hydrogens is 393 g/mol. The summed E-state index contributed by atoms with van der Waals surface area (Å²) < 4.78 is 16.1. The molecule has 2 aliphatic rings. The molecule has 5 heterocycles. The number of anilines is 2. The summed E-state index contributed by atoms with van der Waals surface area (Å²) in [7, 11) is 0. The summed E-state index contributed by atoms with van der Waals surface area (Å²) in [6, 6.07) is 13.0. The first kappa shape index (κ1) is 18.7. The number of imidazole rings is 1. The molecule has 0 amide bonds. The molecule has 0 radical (unpaired) electrons. The van der Waals surface area contributed by atoms with Crippen LogP contribution in [0.3, 0.4) is 0 Å². The Bertz CT molecular complexity index is 1280. The normalized spacial score (nSPS) is 24.7. The highest BCUT2D eigenvalue weighted by Gasteiger charge is 2.28. The molecule has 160 valence electrons. The van der Waals surface area contributed by atoms with E-state index in [1.807, 2.05) is 29.2 Å². The van der Waals surface area contributed by atoms with E-state index >= 15 is 0 Å². The van der Waals surface area contributed by atoms with Crippen LogP contribution in [0.5, 0.6) is 0 Å². The second-order valence-corrected chi connectivity index (χ2v) is 8.91. The Kier molecular flexibility index (Phi) is 4.24. The number of alkyl halides is 1. The molecule has 0 spiro atoms. The Morgan fingerprint density at radius 1 is 0.871 bits per heavy atom. The number of fused-ring (bicyclic) bond motifs is 5. The van der Waals surface area contributed by atoms with Gasteiger partial charge in [-0.2, -0.15) is 0 Å². The first-order valence-corrected chi connectivity index (χ1v) is 11.0. The molecule has 1 aromatic carbocycles. The molecule has 3 atom stereocenters. The summed E-state index contributed by atoms with van der Waals surface area (Å²) in [5, 5.41) is 3.57. The fraction of sp³-hybridized carbons (Fsp3) is 0.435. The number of hydrogen-bond donors (Lipinski definition) is 1. The van der Waals surface area contributed by atoms with Crippen molar-refractivity contribution in [1.82, 2.24) is 24.7 Å². The minimum absolute atomic E-state index is 0.361. The van der Waals surface area contributed by atoms with E-state index in [4.69, 9.17) is 15.0 Å². The number of benzene rings is 1. The first-order chi connectivity index (χ1) is 15.1. The lowest BCUT2D eigenvalue weighted by molar-refractivity contribution is 0.364. The van der Waals surface area contributed by atoms with Gasteiger partial charge in [0.25, 0.3) is 0 Å². The molecule has 6 rings (SSSR count). The third-order valence-electron chi connectivity index (χ3n) is 6.35. The van der Waals surface area contributed by atoms with Crippen molar-refractivity contribution in [3.63, 3.8) is 0 Å². The zero-order valence-corrected chi connectivity index (χ0v) is 17.8. The van der Waals surface area contributed by atoms with Crippen molar-refractivity contribution < 1.29 is 4.39 Å². The van der Waals surface area contributed by atoms with Crippen LogP contribution in [0, 0.1) is 0 Å². The van der Waals surface area contributed by atoms with Gasteiger partial charge in [0.05, 0.1) is 17.6 Å². The average Bonchev–Trinajstić information content (AvgIpc) is 3.36. The number of halogens is 1. The Morgan fingerprint density at radius 2 is 1.68 bits per heavy atom. The van der Waals surface area contributed by atoms with Crippen molar-refractivity contribution in [1.29, 1.82) is 0 Å². The number of aromatic nitrogens is 4. The number of rotatable bonds is 2. The predicted octanol–water partition coefficient (Wildman–Crippen LogP) is 3.17. The fourth-order valence-electron chi connectivity index (χ4n) is 5.05. The molecule has 7 nitrogen and oxygen atoms in total. The summed E-state index contributed by atoms with van der Waals surface area (Å²) in [5.74, 6) is 1.69. The zero-order chi connectivity index (χ0) is 21.1. The lowest BCUT2D eigenvalue weighted by Gasteiger charge is -2.37. The van der Waals surface area contributed by atoms with Crippen molar-refractivity contribution >= 4 is 39.5 Å². The van der Waals surface area contributed by atoms with E-state index in [1.54, 1.807) is 0 Å². The number of hydrogen-bond acceptors (Lipinski definition) is 6. The number of pyridine rings is 1. The van der Waals surface area contributed by atoms with Gasteiger partial charge in [0.1, 0.15) is 17.5 Å². The van der Waals surface area contributed by atoms with Gasteiger partial charge in [-0.15, -0.1) is 0 Å². The lowest BCUT2D eigenvalue weighted by Crippen LogP contribution is -2.54. The zero-order valence-electron chi connectivity index (χ0n) is 17.8. The Morgan fingerprint density at radius 3 is 2.45 bits per heavy atom. The third-order valence-corrected chi connectivity index (χ3v) is 6.35. The number of nitrogens with one attached hydrogen (secondary N) is 1. The Labute approximate surface area is 179 Å². The van der Waals surface area contributed by atoms with Crippen molar-refractivity contribution in [2.75, 3.05) is 36.0 Å². The molecule has 0 unspecified atom stereocenters. The van der Waals surface area contributed by atoms with Gasteiger partial charge in [-0.25, -0.2) is 19.3 Å². The van der Waals surface area contributed by atoms with Crippen LogP contribution in [0.1, 0.15) is 20.3 Å². The second-order valence-electron chi connectivity index (χ2n) is 8.91. The van der Waals surface area contributed by atoms with Crippen LogP contribution in [-0.2, 0) is 0 Å². The van der Waals surface area contributed by atoms with Gasteiger partial charge >= 0.3 is 0 Å². The van der Waals surface area contributed by atoms with Crippen molar-refractivity contribution in [3.8, 4) is 0 Å². The van der Waals surface area contributed by atoms with Gasteiger partial charge in [0.2, 0.25) is 0 Å². The average molecular weight is 420 g/mol. The van der Waals surface area contributed by atoms with Crippen LogP contribution in [0.2, 0.25) is 0 Å². The maximum Gasteiger partial charge on any atom is 0.183 e. The molecule has 4 aromatic rings. The maximum absolute atomic E-state index is 14.0. The molecule has 8 heteroatoms. The molecule has 0 aliphatic carbocycles. The second kappa shape index (κ2) is 7.02. The lowest BCUT2D eigenvalue weighted by atomic mass is 10.1. The minimum atomic E-state index is -0.820. The highest BCUT2D eigenvalue weighted by Crippen LogP contribution is 2.31. The van der Waals surface area contributed by atoms with E-state index in [-0.39, 0.29) is 0 Å². The molecule has 0 bridgehead atoms. The quantitative estimate of drug-likeness (QED) is 0.539. The van der Waals surface area contributed by atoms with Crippen LogP contribution in [0.25, 0.3) is 27.8 Å². The largest absolute Gasteiger partial charge is 0.353 e. The first-order valence-electron chi connectivity index (χ1n) is 11.0. The van der Waals surface area contributed by atoms with Gasteiger partial charge < -0.3 is 15.1 Å². The maximum atomic E-state index is 14.0. The standard InChI is InChI=1S/C23H26FN7/c1-14-11-30(12-15(2)25-14)20-8-7-18-21(28-20)31-19-6-4-3-5-17(19)26-23(31)22(27-18)29-10-9-16(24)13-29/h3-8,14-16,25H,9-13H2,1-2H3/t14-,15+,16-/m0/s1. The highest BCUT2D eigenvalue weighted by molar-refractivity contribution is 5.91. The van der Waals surface area contributed by atoms with Gasteiger partial charge in [0.15, 0.2) is 17.1 Å². The molecule has 1 N–H and O–H groups in total. The Hall–Kier alpha value is -3.00. The predicted molar refractivity (Wildman–Crippen MR) is 122 cm³/mol. The minimum Gasteiger partial charge on any atom is -0.353 e. The topological polar surface area (TPSA) is 61.6 Å². The summed E-state index contributed by atoms with van der Waals surface area (Å²) in [6.45, 7) is 7.24. The van der Waals surface area contributed by atoms with Crippen LogP contribution >= 0.6 is 0 Å². The van der Waals surface area contributed by atoms with Gasteiger partial charge in [-0.05, 0) is 44.5 Å². The van der Waals surface area contributed by atoms with E-state index in [0.717, 1.165) is 52.6 Å². The van der Waals surface area contributed by atoms with E-state index in [2.05, 4.69) is 40.6 Å². The van der Waals surface area contributed by atoms with Crippen LogP contribution in [0.15, 0.2) is 36.4 Å². The number of nitrogens with zero attached hydrogens (tertiary/aromatic N) is 6. The molecule has 3 aromatic heterocycles. The van der Waals surface area contributed by atoms with E-state index in [9.17, 15) is 4.39 Å². The molecule has 2 saturated heterocycles. The summed E-state index contributed by atoms with van der Waals surface area (Å²) in [5.41, 5.74) is 4.22. The molecule has 2 aliphatic heterocycles. The molecule has 2 fully saturated rings. The van der Waals surface area contributed by atoms with Gasteiger partial charge in [-0.3, -0.25) is 4.40 Å². The molecule has 31 heavy (non-hydrogen) atoms. The van der Waals surface area contributed by atoms with Gasteiger partial charge in [-0.1, -0.05) is 12.1 Å². The van der Waals surface area contributed by atoms with E-state index in [1.165, 1.54) is 0 Å². The van der Waals surface area contributed by atoms with Crippen molar-refractivity contribution in [2.24, 2.45) is 0 Å². The number of para-hydroxylation sites is 2. The van der Waals surface area contributed by atoms with Crippen LogP contribution < -0.4 is 15.1 Å². The molecular formula is C23H26FN7. The van der Waals surface area contributed by atoms with Crippen LogP contribution in [-0.4, -0.2) is 63.8 Å². The summed E-state index contributed by atoms with van der Waals surface area (Å²) in [4.78, 5) is 19.2. The van der Waals surface area contributed by atoms with Crippen LogP contribution in [0.4, 0.5) is 16.0 Å². The van der Waals surface area contributed by atoms with E-state index < -0.39 is 6.17 Å². The third kappa shape index (κ3) is 3.08. The molecule has 0 saturated carbocycles. The van der Waals surface area contributed by atoms with Crippen molar-refractivity contribution in [3.05, 3.63) is 36.4 Å².